The lowest BCUT2D eigenvalue weighted by atomic mass is 9.94. The van der Waals surface area contributed by atoms with Gasteiger partial charge in [0.1, 0.15) is 0 Å². The van der Waals surface area contributed by atoms with Gasteiger partial charge in [-0.3, -0.25) is 10.2 Å². The van der Waals surface area contributed by atoms with Crippen molar-refractivity contribution in [1.29, 1.82) is 0 Å². The van der Waals surface area contributed by atoms with Gasteiger partial charge in [-0.2, -0.15) is 0 Å². The van der Waals surface area contributed by atoms with Crippen LogP contribution >= 0.6 is 11.6 Å². The Morgan fingerprint density at radius 2 is 1.89 bits per heavy atom. The van der Waals surface area contributed by atoms with Gasteiger partial charge in [0.05, 0.1) is 18.3 Å². The molecule has 0 spiro atoms. The molecule has 3 aromatic rings. The molecule has 144 valence electrons. The summed E-state index contributed by atoms with van der Waals surface area (Å²) in [5, 5.41) is 3.74. The van der Waals surface area contributed by atoms with E-state index in [0.29, 0.717) is 18.1 Å². The molecule has 6 nitrogen and oxygen atoms in total. The van der Waals surface area contributed by atoms with Crippen molar-refractivity contribution in [3.8, 4) is 0 Å². The molecule has 1 aromatic heterocycles. The molecule has 1 aliphatic heterocycles. The van der Waals surface area contributed by atoms with Crippen LogP contribution in [0.3, 0.4) is 0 Å². The fourth-order valence-electron chi connectivity index (χ4n) is 3.40. The van der Waals surface area contributed by atoms with E-state index in [1.165, 1.54) is 5.56 Å². The molecule has 0 bridgehead atoms. The number of amides is 1. The van der Waals surface area contributed by atoms with Gasteiger partial charge in [-0.15, -0.1) is 0 Å². The van der Waals surface area contributed by atoms with Crippen molar-refractivity contribution in [2.24, 2.45) is 5.92 Å². The summed E-state index contributed by atoms with van der Waals surface area (Å²) in [7, 11) is 0. The lowest BCUT2D eigenvalue weighted by Gasteiger charge is -2.18. The Morgan fingerprint density at radius 1 is 1.14 bits per heavy atom. The van der Waals surface area contributed by atoms with Crippen molar-refractivity contribution in [3.63, 3.8) is 0 Å². The molecule has 1 amide bonds. The third kappa shape index (κ3) is 4.42. The van der Waals surface area contributed by atoms with Gasteiger partial charge in [-0.05, 0) is 28.8 Å². The Labute approximate surface area is 168 Å². The Balaban J connectivity index is 1.33. The van der Waals surface area contributed by atoms with E-state index in [9.17, 15) is 4.79 Å². The summed E-state index contributed by atoms with van der Waals surface area (Å²) in [5.74, 6) is -0.151. The zero-order valence-corrected chi connectivity index (χ0v) is 16.1. The van der Waals surface area contributed by atoms with Crippen LogP contribution in [-0.2, 0) is 17.9 Å². The summed E-state index contributed by atoms with van der Waals surface area (Å²) in [4.78, 5) is 16.8. The van der Waals surface area contributed by atoms with Gasteiger partial charge in [0.25, 0.3) is 0 Å². The van der Waals surface area contributed by atoms with Crippen molar-refractivity contribution in [2.45, 2.75) is 19.1 Å². The van der Waals surface area contributed by atoms with Crippen LogP contribution in [0.25, 0.3) is 0 Å². The number of hydrogen-bond donors (Lipinski definition) is 3. The van der Waals surface area contributed by atoms with Crippen molar-refractivity contribution in [3.05, 3.63) is 89.0 Å². The van der Waals surface area contributed by atoms with Gasteiger partial charge < -0.3 is 9.88 Å². The number of halogens is 1. The highest BCUT2D eigenvalue weighted by Crippen LogP contribution is 2.26. The maximum absolute atomic E-state index is 12.7. The molecule has 0 saturated carbocycles. The zero-order valence-electron chi connectivity index (χ0n) is 15.3. The van der Waals surface area contributed by atoms with E-state index < -0.39 is 0 Å². The highest BCUT2D eigenvalue weighted by Gasteiger charge is 2.33. The normalized spacial score (nSPS) is 18.9. The molecule has 2 heterocycles. The third-order valence-corrected chi connectivity index (χ3v) is 5.21. The molecule has 2 aromatic carbocycles. The summed E-state index contributed by atoms with van der Waals surface area (Å²) >= 11 is 5.97. The molecule has 0 aliphatic carbocycles. The first kappa shape index (κ1) is 18.7. The fourth-order valence-corrected chi connectivity index (χ4v) is 3.53. The summed E-state index contributed by atoms with van der Waals surface area (Å²) in [6, 6.07) is 15.8. The van der Waals surface area contributed by atoms with Crippen LogP contribution in [0.15, 0.2) is 67.3 Å². The number of hydrogen-bond acceptors (Lipinski definition) is 4. The number of carbonyl (C=O) groups excluding carboxylic acids is 1. The van der Waals surface area contributed by atoms with Crippen molar-refractivity contribution in [1.82, 2.24) is 25.7 Å². The standard InChI is InChI=1S/C21H22ClN5O/c22-18-7-5-17(6-8-18)20-19(12-25-26-20)21(28)24-11-15-1-3-16(4-2-15)13-27-10-9-23-14-27/h1-10,14,19-20,25-26H,11-13H2,(H,24,28). The average Bonchev–Trinajstić information content (AvgIpc) is 3.40. The molecule has 1 saturated heterocycles. The zero-order chi connectivity index (χ0) is 19.3. The van der Waals surface area contributed by atoms with Crippen LogP contribution in [0.1, 0.15) is 22.7 Å². The van der Waals surface area contributed by atoms with Gasteiger partial charge in [0.2, 0.25) is 5.91 Å². The Bertz CT molecular complexity index is 909. The molecule has 7 heteroatoms. The molecule has 2 atom stereocenters. The maximum atomic E-state index is 12.7. The number of benzene rings is 2. The smallest absolute Gasteiger partial charge is 0.226 e. The molecule has 4 rings (SSSR count). The minimum absolute atomic E-state index is 0.0277. The summed E-state index contributed by atoms with van der Waals surface area (Å²) in [6.45, 7) is 1.88. The first-order valence-corrected chi connectivity index (χ1v) is 9.62. The summed E-state index contributed by atoms with van der Waals surface area (Å²) in [5.41, 5.74) is 9.59. The van der Waals surface area contributed by atoms with Crippen molar-refractivity contribution >= 4 is 17.5 Å². The molecular weight excluding hydrogens is 374 g/mol. The maximum Gasteiger partial charge on any atom is 0.226 e. The van der Waals surface area contributed by atoms with Gasteiger partial charge in [0.15, 0.2) is 0 Å². The molecule has 1 fully saturated rings. The number of nitrogens with zero attached hydrogens (tertiary/aromatic N) is 2. The fraction of sp³-hybridized carbons (Fsp3) is 0.238. The minimum Gasteiger partial charge on any atom is -0.352 e. The van der Waals surface area contributed by atoms with Gasteiger partial charge >= 0.3 is 0 Å². The molecule has 0 radical (unpaired) electrons. The van der Waals surface area contributed by atoms with Crippen molar-refractivity contribution < 1.29 is 4.79 Å². The summed E-state index contributed by atoms with van der Waals surface area (Å²) < 4.78 is 2.02. The number of aromatic nitrogens is 2. The molecule has 28 heavy (non-hydrogen) atoms. The Hall–Kier alpha value is -2.67. The third-order valence-electron chi connectivity index (χ3n) is 4.96. The molecule has 1 aliphatic rings. The van der Waals surface area contributed by atoms with Gasteiger partial charge in [-0.25, -0.2) is 10.4 Å². The molecular formula is C21H22ClN5O. The lowest BCUT2D eigenvalue weighted by Crippen LogP contribution is -2.34. The lowest BCUT2D eigenvalue weighted by molar-refractivity contribution is -0.125. The Kier molecular flexibility index (Phi) is 5.71. The van der Waals surface area contributed by atoms with Crippen molar-refractivity contribution in [2.75, 3.05) is 6.54 Å². The minimum atomic E-state index is -0.179. The number of rotatable bonds is 6. The van der Waals surface area contributed by atoms with E-state index in [4.69, 9.17) is 11.6 Å². The van der Waals surface area contributed by atoms with Gasteiger partial charge in [-0.1, -0.05) is 48.0 Å². The topological polar surface area (TPSA) is 71.0 Å². The first-order valence-electron chi connectivity index (χ1n) is 9.24. The average molecular weight is 396 g/mol. The van der Waals surface area contributed by atoms with E-state index in [1.807, 2.05) is 47.2 Å². The van der Waals surface area contributed by atoms with Crippen LogP contribution in [0.2, 0.25) is 5.02 Å². The largest absolute Gasteiger partial charge is 0.352 e. The quantitative estimate of drug-likeness (QED) is 0.600. The second-order valence-electron chi connectivity index (χ2n) is 6.93. The van der Waals surface area contributed by atoms with E-state index >= 15 is 0 Å². The predicted octanol–water partition coefficient (Wildman–Crippen LogP) is 2.67. The van der Waals surface area contributed by atoms with Crippen LogP contribution in [0.4, 0.5) is 0 Å². The monoisotopic (exact) mass is 395 g/mol. The highest BCUT2D eigenvalue weighted by atomic mass is 35.5. The first-order chi connectivity index (χ1) is 13.7. The van der Waals surface area contributed by atoms with E-state index in [1.54, 1.807) is 12.5 Å². The predicted molar refractivity (Wildman–Crippen MR) is 108 cm³/mol. The highest BCUT2D eigenvalue weighted by molar-refractivity contribution is 6.30. The number of imidazole rings is 1. The van der Waals surface area contributed by atoms with Gasteiger partial charge in [0, 0.05) is 37.1 Å². The summed E-state index contributed by atoms with van der Waals surface area (Å²) in [6.07, 6.45) is 5.51. The van der Waals surface area contributed by atoms with E-state index in [0.717, 1.165) is 17.7 Å². The number of hydrazine groups is 1. The number of carbonyl (C=O) groups is 1. The second-order valence-corrected chi connectivity index (χ2v) is 7.37. The van der Waals surface area contributed by atoms with Crippen LogP contribution < -0.4 is 16.2 Å². The van der Waals surface area contributed by atoms with Crippen LogP contribution in [-0.4, -0.2) is 22.0 Å². The number of nitrogens with one attached hydrogen (secondary N) is 3. The van der Waals surface area contributed by atoms with Crippen LogP contribution in [0, 0.1) is 5.92 Å². The molecule has 2 unspecified atom stereocenters. The SMILES string of the molecule is O=C(NCc1ccc(Cn2ccnc2)cc1)C1CNNC1c1ccc(Cl)cc1. The Morgan fingerprint density at radius 3 is 2.61 bits per heavy atom. The molecule has 3 N–H and O–H groups in total. The van der Waals surface area contributed by atoms with Crippen LogP contribution in [0.5, 0.6) is 0 Å². The van der Waals surface area contributed by atoms with E-state index in [-0.39, 0.29) is 17.9 Å². The second kappa shape index (κ2) is 8.56. The van der Waals surface area contributed by atoms with E-state index in [2.05, 4.69) is 33.3 Å².